The molecule has 0 bridgehead atoms. The van der Waals surface area contributed by atoms with Crippen molar-refractivity contribution in [1.82, 2.24) is 14.9 Å². The van der Waals surface area contributed by atoms with E-state index in [2.05, 4.69) is 40.9 Å². The molecule has 3 nitrogen and oxygen atoms in total. The highest BCUT2D eigenvalue weighted by molar-refractivity contribution is 4.98. The fraction of sp³-hybridized carbons (Fsp3) is 0.583. The van der Waals surface area contributed by atoms with E-state index in [0.717, 1.165) is 25.2 Å². The van der Waals surface area contributed by atoms with E-state index < -0.39 is 0 Å². The zero-order valence-electron chi connectivity index (χ0n) is 9.90. The molecular weight excluding hydrogens is 186 g/mol. The second-order valence-corrected chi connectivity index (χ2v) is 3.67. The standard InChI is InChI=1S/C12H21N3/c1-4-6-7-8-13-11(5-2)12-14-9-10-15(12)3/h4,6,9-11,13H,5,7-8H2,1-3H3/b6-4+. The second-order valence-electron chi connectivity index (χ2n) is 3.67. The summed E-state index contributed by atoms with van der Waals surface area (Å²) in [6, 6.07) is 0.371. The first-order chi connectivity index (χ1) is 7.29. The van der Waals surface area contributed by atoms with Crippen molar-refractivity contribution in [2.45, 2.75) is 32.7 Å². The molecule has 0 fully saturated rings. The van der Waals surface area contributed by atoms with Gasteiger partial charge in [-0.15, -0.1) is 0 Å². The van der Waals surface area contributed by atoms with Gasteiger partial charge in [0.25, 0.3) is 0 Å². The van der Waals surface area contributed by atoms with Crippen molar-refractivity contribution in [2.75, 3.05) is 6.54 Å². The van der Waals surface area contributed by atoms with Crippen molar-refractivity contribution in [3.63, 3.8) is 0 Å². The lowest BCUT2D eigenvalue weighted by Crippen LogP contribution is -2.24. The van der Waals surface area contributed by atoms with Gasteiger partial charge >= 0.3 is 0 Å². The van der Waals surface area contributed by atoms with Gasteiger partial charge in [-0.2, -0.15) is 0 Å². The summed E-state index contributed by atoms with van der Waals surface area (Å²) in [5, 5.41) is 3.51. The molecule has 3 heteroatoms. The molecule has 0 spiro atoms. The highest BCUT2D eigenvalue weighted by Gasteiger charge is 2.11. The summed E-state index contributed by atoms with van der Waals surface area (Å²) < 4.78 is 2.08. The van der Waals surface area contributed by atoms with Crippen LogP contribution in [0.25, 0.3) is 0 Å². The molecule has 1 rings (SSSR count). The van der Waals surface area contributed by atoms with Crippen LogP contribution in [-0.4, -0.2) is 16.1 Å². The summed E-state index contributed by atoms with van der Waals surface area (Å²) in [6.07, 6.45) is 10.3. The van der Waals surface area contributed by atoms with Gasteiger partial charge in [-0.05, 0) is 26.3 Å². The molecule has 84 valence electrons. The smallest absolute Gasteiger partial charge is 0.125 e. The van der Waals surface area contributed by atoms with Gasteiger partial charge < -0.3 is 9.88 Å². The number of allylic oxidation sites excluding steroid dienone is 1. The van der Waals surface area contributed by atoms with Crippen LogP contribution >= 0.6 is 0 Å². The Labute approximate surface area is 92.2 Å². The molecule has 1 aromatic heterocycles. The average molecular weight is 207 g/mol. The number of rotatable bonds is 6. The van der Waals surface area contributed by atoms with Crippen LogP contribution in [0.15, 0.2) is 24.5 Å². The zero-order chi connectivity index (χ0) is 11.1. The molecule has 15 heavy (non-hydrogen) atoms. The molecule has 1 atom stereocenters. The van der Waals surface area contributed by atoms with Crippen LogP contribution in [-0.2, 0) is 7.05 Å². The fourth-order valence-corrected chi connectivity index (χ4v) is 1.64. The van der Waals surface area contributed by atoms with Gasteiger partial charge in [-0.3, -0.25) is 0 Å². The molecule has 0 saturated carbocycles. The molecule has 0 aliphatic carbocycles. The van der Waals surface area contributed by atoms with Crippen LogP contribution in [0.4, 0.5) is 0 Å². The first-order valence-electron chi connectivity index (χ1n) is 5.61. The highest BCUT2D eigenvalue weighted by Crippen LogP contribution is 2.13. The summed E-state index contributed by atoms with van der Waals surface area (Å²) in [6.45, 7) is 5.24. The third-order valence-electron chi connectivity index (χ3n) is 2.52. The molecule has 1 heterocycles. The maximum atomic E-state index is 4.37. The number of hydrogen-bond acceptors (Lipinski definition) is 2. The molecule has 1 N–H and O–H groups in total. The van der Waals surface area contributed by atoms with E-state index in [9.17, 15) is 0 Å². The van der Waals surface area contributed by atoms with Crippen LogP contribution in [0, 0.1) is 0 Å². The largest absolute Gasteiger partial charge is 0.337 e. The van der Waals surface area contributed by atoms with E-state index in [4.69, 9.17) is 0 Å². The Morgan fingerprint density at radius 3 is 2.93 bits per heavy atom. The first kappa shape index (κ1) is 12.0. The topological polar surface area (TPSA) is 29.9 Å². The fourth-order valence-electron chi connectivity index (χ4n) is 1.64. The van der Waals surface area contributed by atoms with Crippen molar-refractivity contribution in [3.8, 4) is 0 Å². The number of nitrogens with zero attached hydrogens (tertiary/aromatic N) is 2. The highest BCUT2D eigenvalue weighted by atomic mass is 15.1. The normalized spacial score (nSPS) is 13.5. The number of aryl methyl sites for hydroxylation is 1. The lowest BCUT2D eigenvalue weighted by molar-refractivity contribution is 0.487. The Bertz CT molecular complexity index is 302. The maximum absolute atomic E-state index is 4.37. The summed E-state index contributed by atoms with van der Waals surface area (Å²) in [4.78, 5) is 4.37. The van der Waals surface area contributed by atoms with Crippen LogP contribution in [0.1, 0.15) is 38.6 Å². The monoisotopic (exact) mass is 207 g/mol. The Kier molecular flexibility index (Phi) is 5.12. The van der Waals surface area contributed by atoms with E-state index in [-0.39, 0.29) is 0 Å². The lowest BCUT2D eigenvalue weighted by atomic mass is 10.2. The van der Waals surface area contributed by atoms with E-state index >= 15 is 0 Å². The predicted octanol–water partition coefficient (Wildman–Crippen LogP) is 2.43. The molecule has 0 radical (unpaired) electrons. The van der Waals surface area contributed by atoms with Gasteiger partial charge in [0.2, 0.25) is 0 Å². The molecule has 0 saturated heterocycles. The molecule has 1 aromatic rings. The quantitative estimate of drug-likeness (QED) is 0.573. The van der Waals surface area contributed by atoms with E-state index in [0.29, 0.717) is 6.04 Å². The first-order valence-corrected chi connectivity index (χ1v) is 5.61. The van der Waals surface area contributed by atoms with Crippen molar-refractivity contribution >= 4 is 0 Å². The Morgan fingerprint density at radius 2 is 2.40 bits per heavy atom. The number of nitrogens with one attached hydrogen (secondary N) is 1. The Balaban J connectivity index is 2.46. The van der Waals surface area contributed by atoms with Crippen LogP contribution in [0.2, 0.25) is 0 Å². The SMILES string of the molecule is C/C=C/CCNC(CC)c1nccn1C. The number of imidazole rings is 1. The number of hydrogen-bond donors (Lipinski definition) is 1. The van der Waals surface area contributed by atoms with Crippen molar-refractivity contribution in [3.05, 3.63) is 30.4 Å². The van der Waals surface area contributed by atoms with Crippen LogP contribution in [0.5, 0.6) is 0 Å². The van der Waals surface area contributed by atoms with Gasteiger partial charge in [-0.1, -0.05) is 19.1 Å². The zero-order valence-corrected chi connectivity index (χ0v) is 9.90. The Hall–Kier alpha value is -1.09. The molecule has 0 aliphatic rings. The van der Waals surface area contributed by atoms with Gasteiger partial charge in [0.1, 0.15) is 5.82 Å². The van der Waals surface area contributed by atoms with Crippen LogP contribution < -0.4 is 5.32 Å². The van der Waals surface area contributed by atoms with Gasteiger partial charge in [0, 0.05) is 19.4 Å². The summed E-state index contributed by atoms with van der Waals surface area (Å²) in [7, 11) is 2.04. The van der Waals surface area contributed by atoms with Crippen LogP contribution in [0.3, 0.4) is 0 Å². The van der Waals surface area contributed by atoms with Gasteiger partial charge in [0.15, 0.2) is 0 Å². The van der Waals surface area contributed by atoms with E-state index in [1.165, 1.54) is 0 Å². The number of aromatic nitrogens is 2. The van der Waals surface area contributed by atoms with Crippen molar-refractivity contribution in [2.24, 2.45) is 7.05 Å². The molecule has 1 unspecified atom stereocenters. The molecule has 0 amide bonds. The summed E-state index contributed by atoms with van der Waals surface area (Å²) in [5.41, 5.74) is 0. The minimum Gasteiger partial charge on any atom is -0.337 e. The third-order valence-corrected chi connectivity index (χ3v) is 2.52. The second kappa shape index (κ2) is 6.40. The molecule has 0 aliphatic heterocycles. The minimum atomic E-state index is 0.371. The predicted molar refractivity (Wildman–Crippen MR) is 63.7 cm³/mol. The van der Waals surface area contributed by atoms with Gasteiger partial charge in [0.05, 0.1) is 6.04 Å². The third kappa shape index (κ3) is 3.51. The van der Waals surface area contributed by atoms with Crippen molar-refractivity contribution in [1.29, 1.82) is 0 Å². The van der Waals surface area contributed by atoms with Crippen molar-refractivity contribution < 1.29 is 0 Å². The lowest BCUT2D eigenvalue weighted by Gasteiger charge is -2.16. The average Bonchev–Trinajstić information content (AvgIpc) is 2.65. The maximum Gasteiger partial charge on any atom is 0.125 e. The molecular formula is C12H21N3. The van der Waals surface area contributed by atoms with E-state index in [1.807, 2.05) is 19.4 Å². The summed E-state index contributed by atoms with van der Waals surface area (Å²) >= 11 is 0. The van der Waals surface area contributed by atoms with E-state index in [1.54, 1.807) is 0 Å². The van der Waals surface area contributed by atoms with Gasteiger partial charge in [-0.25, -0.2) is 4.98 Å². The summed E-state index contributed by atoms with van der Waals surface area (Å²) in [5.74, 6) is 1.12. The Morgan fingerprint density at radius 1 is 1.60 bits per heavy atom. The minimum absolute atomic E-state index is 0.371. The molecule has 0 aromatic carbocycles.